The van der Waals surface area contributed by atoms with E-state index in [0.717, 1.165) is 5.76 Å². The fraction of sp³-hybridized carbons (Fsp3) is 0.143. The van der Waals surface area contributed by atoms with E-state index in [1.54, 1.807) is 25.3 Å². The second-order valence-corrected chi connectivity index (χ2v) is 5.01. The van der Waals surface area contributed by atoms with Crippen LogP contribution in [0.2, 0.25) is 5.02 Å². The number of thiocarbonyl (C=S) groups is 1. The monoisotopic (exact) mass is 325 g/mol. The van der Waals surface area contributed by atoms with Crippen molar-refractivity contribution in [2.45, 2.75) is 13.5 Å². The van der Waals surface area contributed by atoms with Gasteiger partial charge >= 0.3 is 0 Å². The van der Waals surface area contributed by atoms with Crippen molar-refractivity contribution in [1.82, 2.24) is 10.7 Å². The van der Waals surface area contributed by atoms with Gasteiger partial charge in [0.1, 0.15) is 11.6 Å². The molecule has 1 aromatic carbocycles. The van der Waals surface area contributed by atoms with E-state index in [4.69, 9.17) is 28.2 Å². The summed E-state index contributed by atoms with van der Waals surface area (Å²) in [7, 11) is 0. The molecule has 0 spiro atoms. The van der Waals surface area contributed by atoms with Crippen LogP contribution in [0, 0.1) is 5.82 Å². The molecule has 1 heterocycles. The van der Waals surface area contributed by atoms with Gasteiger partial charge in [-0.1, -0.05) is 11.6 Å². The summed E-state index contributed by atoms with van der Waals surface area (Å²) in [5.74, 6) is 0.376. The number of hydrazone groups is 1. The molecule has 0 atom stereocenters. The minimum absolute atomic E-state index is 0.299. The zero-order valence-electron chi connectivity index (χ0n) is 11.2. The number of nitrogens with zero attached hydrogens (tertiary/aromatic N) is 1. The largest absolute Gasteiger partial charge is 0.467 e. The minimum Gasteiger partial charge on any atom is -0.467 e. The van der Waals surface area contributed by atoms with Gasteiger partial charge in [-0.3, -0.25) is 5.43 Å². The van der Waals surface area contributed by atoms with Crippen LogP contribution in [0.5, 0.6) is 0 Å². The third-order valence-corrected chi connectivity index (χ3v) is 3.20. The molecule has 2 rings (SSSR count). The molecule has 4 nitrogen and oxygen atoms in total. The number of nitrogens with one attached hydrogen (secondary N) is 2. The first kappa shape index (κ1) is 15.5. The molecule has 0 aliphatic heterocycles. The third-order valence-electron chi connectivity index (χ3n) is 2.65. The zero-order valence-corrected chi connectivity index (χ0v) is 12.8. The molecule has 0 saturated heterocycles. The Balaban J connectivity index is 1.91. The lowest BCUT2D eigenvalue weighted by Gasteiger charge is -2.07. The molecule has 1 aromatic heterocycles. The molecule has 0 unspecified atom stereocenters. The van der Waals surface area contributed by atoms with Gasteiger partial charge in [0.25, 0.3) is 0 Å². The number of furan rings is 1. The van der Waals surface area contributed by atoms with Crippen LogP contribution in [0.15, 0.2) is 46.1 Å². The molecule has 0 aliphatic rings. The number of hydrogen-bond acceptors (Lipinski definition) is 3. The van der Waals surface area contributed by atoms with E-state index in [0.29, 0.717) is 28.0 Å². The summed E-state index contributed by atoms with van der Waals surface area (Å²) in [5, 5.41) is 7.70. The molecule has 0 saturated carbocycles. The summed E-state index contributed by atoms with van der Waals surface area (Å²) >= 11 is 11.0. The smallest absolute Gasteiger partial charge is 0.187 e. The van der Waals surface area contributed by atoms with Crippen molar-refractivity contribution in [3.8, 4) is 0 Å². The third kappa shape index (κ3) is 4.54. The summed E-state index contributed by atoms with van der Waals surface area (Å²) in [5.41, 5.74) is 3.94. The van der Waals surface area contributed by atoms with Crippen molar-refractivity contribution in [1.29, 1.82) is 0 Å². The number of hydrogen-bond donors (Lipinski definition) is 2. The Morgan fingerprint density at radius 1 is 1.43 bits per heavy atom. The van der Waals surface area contributed by atoms with Crippen molar-refractivity contribution in [2.75, 3.05) is 0 Å². The molecule has 21 heavy (non-hydrogen) atoms. The van der Waals surface area contributed by atoms with Gasteiger partial charge < -0.3 is 9.73 Å². The fourth-order valence-electron chi connectivity index (χ4n) is 1.60. The molecular formula is C14H13ClFN3OS. The highest BCUT2D eigenvalue weighted by atomic mass is 35.5. The number of halogens is 2. The van der Waals surface area contributed by atoms with Gasteiger partial charge in [0.15, 0.2) is 5.11 Å². The van der Waals surface area contributed by atoms with E-state index in [1.165, 1.54) is 12.1 Å². The van der Waals surface area contributed by atoms with Gasteiger partial charge in [0.05, 0.1) is 23.5 Å². The molecule has 0 fully saturated rings. The van der Waals surface area contributed by atoms with Gasteiger partial charge in [-0.15, -0.1) is 0 Å². The molecular weight excluding hydrogens is 313 g/mol. The van der Waals surface area contributed by atoms with Crippen molar-refractivity contribution in [3.05, 3.63) is 58.8 Å². The van der Waals surface area contributed by atoms with Crippen molar-refractivity contribution < 1.29 is 8.81 Å². The first-order valence-electron chi connectivity index (χ1n) is 6.12. The molecule has 0 amide bonds. The maximum absolute atomic E-state index is 13.0. The Morgan fingerprint density at radius 3 is 2.90 bits per heavy atom. The van der Waals surface area contributed by atoms with E-state index in [2.05, 4.69) is 15.8 Å². The number of benzene rings is 1. The maximum atomic E-state index is 13.0. The van der Waals surface area contributed by atoms with Crippen LogP contribution < -0.4 is 10.7 Å². The summed E-state index contributed by atoms with van der Waals surface area (Å²) in [6, 6.07) is 7.77. The van der Waals surface area contributed by atoms with Crippen LogP contribution in [-0.4, -0.2) is 10.8 Å². The van der Waals surface area contributed by atoms with Crippen LogP contribution in [0.25, 0.3) is 0 Å². The van der Waals surface area contributed by atoms with E-state index >= 15 is 0 Å². The highest BCUT2D eigenvalue weighted by molar-refractivity contribution is 7.80. The standard InChI is InChI=1S/C14H13ClFN3OS/c1-9(12-5-4-10(16)7-13(12)15)18-19-14(21)17-8-11-3-2-6-20-11/h2-7H,8H2,1H3,(H2,17,19,21)/b18-9-. The summed E-state index contributed by atoms with van der Waals surface area (Å²) in [6.07, 6.45) is 1.59. The van der Waals surface area contributed by atoms with Gasteiger partial charge in [-0.25, -0.2) is 4.39 Å². The van der Waals surface area contributed by atoms with Crippen molar-refractivity contribution >= 4 is 34.6 Å². The van der Waals surface area contributed by atoms with Gasteiger partial charge in [0, 0.05) is 5.56 Å². The quantitative estimate of drug-likeness (QED) is 0.513. The summed E-state index contributed by atoms with van der Waals surface area (Å²) in [4.78, 5) is 0. The van der Waals surface area contributed by atoms with E-state index < -0.39 is 0 Å². The van der Waals surface area contributed by atoms with Crippen LogP contribution in [0.1, 0.15) is 18.2 Å². The Kier molecular flexibility index (Phi) is 5.30. The molecule has 110 valence electrons. The molecule has 0 radical (unpaired) electrons. The SMILES string of the molecule is C/C(=N/NC(=S)NCc1ccco1)c1ccc(F)cc1Cl. The van der Waals surface area contributed by atoms with E-state index in [9.17, 15) is 4.39 Å². The lowest BCUT2D eigenvalue weighted by atomic mass is 10.1. The van der Waals surface area contributed by atoms with E-state index in [-0.39, 0.29) is 5.82 Å². The predicted molar refractivity (Wildman–Crippen MR) is 84.9 cm³/mol. The predicted octanol–water partition coefficient (Wildman–Crippen LogP) is 3.46. The lowest BCUT2D eigenvalue weighted by Crippen LogP contribution is -2.32. The molecule has 7 heteroatoms. The average molecular weight is 326 g/mol. The van der Waals surface area contributed by atoms with Gasteiger partial charge in [0.2, 0.25) is 0 Å². The van der Waals surface area contributed by atoms with Gasteiger partial charge in [-0.2, -0.15) is 5.10 Å². The first-order chi connectivity index (χ1) is 10.1. The highest BCUT2D eigenvalue weighted by Crippen LogP contribution is 2.17. The first-order valence-corrected chi connectivity index (χ1v) is 6.91. The Hall–Kier alpha value is -1.92. The van der Waals surface area contributed by atoms with Crippen LogP contribution >= 0.6 is 23.8 Å². The Morgan fingerprint density at radius 2 is 2.24 bits per heavy atom. The minimum atomic E-state index is -0.389. The summed E-state index contributed by atoms with van der Waals surface area (Å²) in [6.45, 7) is 2.21. The molecule has 2 aromatic rings. The van der Waals surface area contributed by atoms with Gasteiger partial charge in [-0.05, 0) is 49.5 Å². The molecule has 0 bridgehead atoms. The second kappa shape index (κ2) is 7.19. The Labute approximate surface area is 132 Å². The van der Waals surface area contributed by atoms with Crippen LogP contribution in [0.3, 0.4) is 0 Å². The van der Waals surface area contributed by atoms with Crippen molar-refractivity contribution in [3.63, 3.8) is 0 Å². The van der Waals surface area contributed by atoms with Crippen LogP contribution in [-0.2, 0) is 6.54 Å². The highest BCUT2D eigenvalue weighted by Gasteiger charge is 2.05. The topological polar surface area (TPSA) is 49.6 Å². The fourth-order valence-corrected chi connectivity index (χ4v) is 2.02. The average Bonchev–Trinajstić information content (AvgIpc) is 2.95. The van der Waals surface area contributed by atoms with E-state index in [1.807, 2.05) is 6.07 Å². The number of rotatable bonds is 4. The molecule has 0 aliphatic carbocycles. The lowest BCUT2D eigenvalue weighted by molar-refractivity contribution is 0.502. The van der Waals surface area contributed by atoms with Crippen molar-refractivity contribution in [2.24, 2.45) is 5.10 Å². The zero-order chi connectivity index (χ0) is 15.2. The normalized spacial score (nSPS) is 11.3. The second-order valence-electron chi connectivity index (χ2n) is 4.20. The Bertz CT molecular complexity index is 658. The summed E-state index contributed by atoms with van der Waals surface area (Å²) < 4.78 is 18.1. The molecule has 2 N–H and O–H groups in total. The maximum Gasteiger partial charge on any atom is 0.187 e. The van der Waals surface area contributed by atoms with Crippen LogP contribution in [0.4, 0.5) is 4.39 Å².